The first kappa shape index (κ1) is 26.4. The van der Waals surface area contributed by atoms with Crippen molar-refractivity contribution in [3.63, 3.8) is 0 Å². The number of hydrogen-bond acceptors (Lipinski definition) is 6. The molecular weight excluding hydrogens is 521 g/mol. The summed E-state index contributed by atoms with van der Waals surface area (Å²) in [6.45, 7) is -0.784. The Balaban J connectivity index is 1.50. The lowest BCUT2D eigenvalue weighted by atomic mass is 10.1. The Morgan fingerprint density at radius 3 is 2.35 bits per heavy atom. The smallest absolute Gasteiger partial charge is 0.368 e. The predicted octanol–water partition coefficient (Wildman–Crippen LogP) is 3.30. The molecule has 1 aliphatic heterocycles. The Hall–Kier alpha value is -3.65. The fourth-order valence-electron chi connectivity index (χ4n) is 3.88. The van der Waals surface area contributed by atoms with Crippen molar-refractivity contribution in [2.24, 2.45) is 0 Å². The summed E-state index contributed by atoms with van der Waals surface area (Å²) in [6.07, 6.45) is -6.48. The zero-order valence-corrected chi connectivity index (χ0v) is 19.7. The van der Waals surface area contributed by atoms with E-state index < -0.39 is 52.2 Å². The third-order valence-corrected chi connectivity index (χ3v) is 7.56. The summed E-state index contributed by atoms with van der Waals surface area (Å²) in [6, 6.07) is 8.18. The van der Waals surface area contributed by atoms with Crippen LogP contribution < -0.4 is 11.1 Å². The van der Waals surface area contributed by atoms with E-state index in [1.807, 2.05) is 0 Å². The fourth-order valence-corrected chi connectivity index (χ4v) is 5.51. The highest BCUT2D eigenvalue weighted by Crippen LogP contribution is 2.31. The summed E-state index contributed by atoms with van der Waals surface area (Å²) >= 11 is 0. The number of anilines is 1. The Bertz CT molecular complexity index is 1400. The molecule has 14 heteroatoms. The fraction of sp³-hybridized carbons (Fsp3) is 0.261. The summed E-state index contributed by atoms with van der Waals surface area (Å²) in [4.78, 5) is 20.6. The number of halogens is 5. The maximum atomic E-state index is 14.2. The summed E-state index contributed by atoms with van der Waals surface area (Å²) in [5, 5.41) is 2.49. The number of rotatable bonds is 6. The molecule has 1 amide bonds. The van der Waals surface area contributed by atoms with Gasteiger partial charge in [0.1, 0.15) is 18.0 Å². The molecule has 4 rings (SSSR count). The van der Waals surface area contributed by atoms with Crippen LogP contribution in [0, 0.1) is 5.82 Å². The number of carbonyl (C=O) groups is 1. The summed E-state index contributed by atoms with van der Waals surface area (Å²) in [7, 11) is -4.29. The van der Waals surface area contributed by atoms with Gasteiger partial charge in [0.25, 0.3) is 0 Å². The molecule has 1 saturated heterocycles. The average Bonchev–Trinajstić information content (AvgIpc) is 3.25. The van der Waals surface area contributed by atoms with E-state index in [0.717, 1.165) is 40.7 Å². The third kappa shape index (κ3) is 5.85. The van der Waals surface area contributed by atoms with E-state index in [2.05, 4.69) is 15.3 Å². The molecule has 2 atom stereocenters. The lowest BCUT2D eigenvalue weighted by Gasteiger charge is -2.23. The van der Waals surface area contributed by atoms with Crippen LogP contribution in [-0.4, -0.2) is 47.4 Å². The molecule has 1 aromatic heterocycles. The number of nitrogens with one attached hydrogen (secondary N) is 1. The molecule has 0 unspecified atom stereocenters. The number of sulfonamides is 1. The molecule has 1 fully saturated rings. The van der Waals surface area contributed by atoms with Crippen LogP contribution in [0.3, 0.4) is 0 Å². The van der Waals surface area contributed by atoms with Gasteiger partial charge in [0.2, 0.25) is 21.9 Å². The first-order chi connectivity index (χ1) is 17.3. The number of hydrogen-bond donors (Lipinski definition) is 2. The van der Waals surface area contributed by atoms with E-state index in [1.54, 1.807) is 0 Å². The molecular formula is C23H20F5N5O3S. The Labute approximate surface area is 208 Å². The van der Waals surface area contributed by atoms with E-state index in [0.29, 0.717) is 5.56 Å². The molecule has 2 aromatic carbocycles. The van der Waals surface area contributed by atoms with E-state index in [1.165, 1.54) is 18.2 Å². The minimum atomic E-state index is -4.50. The van der Waals surface area contributed by atoms with E-state index in [9.17, 15) is 35.2 Å². The van der Waals surface area contributed by atoms with Crippen molar-refractivity contribution in [3.05, 3.63) is 71.7 Å². The maximum Gasteiger partial charge on any atom is 0.416 e. The zero-order chi connectivity index (χ0) is 27.0. The number of alkyl halides is 4. The molecule has 8 nitrogen and oxygen atoms in total. The number of nitrogens with zero attached hydrogens (tertiary/aromatic N) is 3. The lowest BCUT2D eigenvalue weighted by molar-refractivity contribution is -0.137. The monoisotopic (exact) mass is 541 g/mol. The van der Waals surface area contributed by atoms with Crippen molar-refractivity contribution in [1.82, 2.24) is 19.6 Å². The second-order valence-electron chi connectivity index (χ2n) is 8.27. The standard InChI is InChI=1S/C23H20F5N5O3S/c24-15-5-7-18(8-6-15)37(35,36)33-12-16(25)9-20(33)21(34)30-11-17-10-19(32-22(29)31-17)13-1-3-14(4-2-13)23(26,27)28/h1-8,10,16,20H,9,11-12H2,(H,30,34)(H2,29,31,32)/t16-,20+/m1/s1. The van der Waals surface area contributed by atoms with Gasteiger partial charge in [-0.1, -0.05) is 12.1 Å². The molecule has 0 radical (unpaired) electrons. The molecule has 0 aliphatic carbocycles. The van der Waals surface area contributed by atoms with Crippen LogP contribution in [0.15, 0.2) is 59.5 Å². The van der Waals surface area contributed by atoms with Crippen LogP contribution in [0.5, 0.6) is 0 Å². The summed E-state index contributed by atoms with van der Waals surface area (Å²) in [5.41, 5.74) is 5.60. The molecule has 2 heterocycles. The van der Waals surface area contributed by atoms with Crippen molar-refractivity contribution in [2.45, 2.75) is 36.3 Å². The van der Waals surface area contributed by atoms with Gasteiger partial charge in [-0.05, 0) is 42.5 Å². The maximum absolute atomic E-state index is 14.2. The van der Waals surface area contributed by atoms with Crippen molar-refractivity contribution in [2.75, 3.05) is 12.3 Å². The first-order valence-corrected chi connectivity index (χ1v) is 12.3. The van der Waals surface area contributed by atoms with Gasteiger partial charge in [-0.3, -0.25) is 4.79 Å². The van der Waals surface area contributed by atoms with E-state index >= 15 is 0 Å². The van der Waals surface area contributed by atoms with Crippen LogP contribution in [-0.2, 0) is 27.5 Å². The number of nitrogen functional groups attached to an aromatic ring is 1. The van der Waals surface area contributed by atoms with Gasteiger partial charge in [0.05, 0.1) is 28.4 Å². The zero-order valence-electron chi connectivity index (χ0n) is 18.9. The minimum absolute atomic E-state index is 0.193. The molecule has 0 spiro atoms. The highest BCUT2D eigenvalue weighted by molar-refractivity contribution is 7.89. The van der Waals surface area contributed by atoms with Gasteiger partial charge in [-0.25, -0.2) is 27.2 Å². The molecule has 1 aliphatic rings. The second kappa shape index (κ2) is 10.0. The Morgan fingerprint density at radius 1 is 1.08 bits per heavy atom. The molecule has 0 saturated carbocycles. The van der Waals surface area contributed by atoms with Crippen LogP contribution in [0.1, 0.15) is 17.7 Å². The minimum Gasteiger partial charge on any atom is -0.368 e. The first-order valence-electron chi connectivity index (χ1n) is 10.8. The third-order valence-electron chi connectivity index (χ3n) is 5.68. The number of amides is 1. The van der Waals surface area contributed by atoms with Crippen molar-refractivity contribution >= 4 is 21.9 Å². The van der Waals surface area contributed by atoms with Gasteiger partial charge in [-0.15, -0.1) is 0 Å². The van der Waals surface area contributed by atoms with Crippen molar-refractivity contribution < 1.29 is 35.2 Å². The lowest BCUT2D eigenvalue weighted by Crippen LogP contribution is -2.45. The van der Waals surface area contributed by atoms with Crippen LogP contribution in [0.4, 0.5) is 27.9 Å². The van der Waals surface area contributed by atoms with Crippen LogP contribution in [0.25, 0.3) is 11.3 Å². The molecule has 3 N–H and O–H groups in total. The van der Waals surface area contributed by atoms with Gasteiger partial charge in [0.15, 0.2) is 0 Å². The van der Waals surface area contributed by atoms with Crippen molar-refractivity contribution in [3.8, 4) is 11.3 Å². The Kier molecular flexibility index (Phi) is 7.15. The molecule has 0 bridgehead atoms. The van der Waals surface area contributed by atoms with Gasteiger partial charge in [0, 0.05) is 18.5 Å². The topological polar surface area (TPSA) is 118 Å². The second-order valence-corrected chi connectivity index (χ2v) is 10.2. The number of benzene rings is 2. The molecule has 37 heavy (non-hydrogen) atoms. The number of aromatic nitrogens is 2. The van der Waals surface area contributed by atoms with Gasteiger partial charge in [-0.2, -0.15) is 17.5 Å². The predicted molar refractivity (Wildman–Crippen MR) is 122 cm³/mol. The van der Waals surface area contributed by atoms with Gasteiger partial charge < -0.3 is 11.1 Å². The SMILES string of the molecule is Nc1nc(CNC(=O)[C@@H]2C[C@@H](F)CN2S(=O)(=O)c2ccc(F)cc2)cc(-c2ccc(C(F)(F)F)cc2)n1. The van der Waals surface area contributed by atoms with Gasteiger partial charge >= 0.3 is 6.18 Å². The van der Waals surface area contributed by atoms with Crippen molar-refractivity contribution in [1.29, 1.82) is 0 Å². The van der Waals surface area contributed by atoms with Crippen LogP contribution >= 0.6 is 0 Å². The Morgan fingerprint density at radius 2 is 1.73 bits per heavy atom. The number of carbonyl (C=O) groups excluding carboxylic acids is 1. The summed E-state index contributed by atoms with van der Waals surface area (Å²) < 4.78 is 92.5. The highest BCUT2D eigenvalue weighted by Gasteiger charge is 2.44. The highest BCUT2D eigenvalue weighted by atomic mass is 32.2. The van der Waals surface area contributed by atoms with E-state index in [-0.39, 0.29) is 35.2 Å². The quantitative estimate of drug-likeness (QED) is 0.463. The normalized spacial score (nSPS) is 18.6. The average molecular weight is 542 g/mol. The van der Waals surface area contributed by atoms with Crippen LogP contribution in [0.2, 0.25) is 0 Å². The van der Waals surface area contributed by atoms with E-state index in [4.69, 9.17) is 5.73 Å². The number of nitrogens with two attached hydrogens (primary N) is 1. The summed E-state index contributed by atoms with van der Waals surface area (Å²) in [5.74, 6) is -1.65. The molecule has 196 valence electrons. The molecule has 3 aromatic rings. The largest absolute Gasteiger partial charge is 0.416 e.